The molecule has 64 valence electrons. The Labute approximate surface area is 71.6 Å². The number of aromatic nitrogens is 1. The van der Waals surface area contributed by atoms with E-state index in [4.69, 9.17) is 5.73 Å². The Hall–Kier alpha value is -1.38. The highest BCUT2D eigenvalue weighted by Gasteiger charge is 2.04. The molecule has 0 atom stereocenters. The van der Waals surface area contributed by atoms with E-state index in [1.54, 1.807) is 12.3 Å². The zero-order chi connectivity index (χ0) is 9.14. The molecule has 1 aromatic heterocycles. The van der Waals surface area contributed by atoms with Crippen molar-refractivity contribution >= 4 is 5.91 Å². The third kappa shape index (κ3) is 1.81. The van der Waals surface area contributed by atoms with Gasteiger partial charge in [0, 0.05) is 6.20 Å². The smallest absolute Gasteiger partial charge is 0.267 e. The molecule has 0 spiro atoms. The maximum Gasteiger partial charge on any atom is 0.267 e. The highest BCUT2D eigenvalue weighted by atomic mass is 16.1. The van der Waals surface area contributed by atoms with E-state index in [-0.39, 0.29) is 0 Å². The second kappa shape index (κ2) is 3.34. The van der Waals surface area contributed by atoms with Crippen molar-refractivity contribution in [2.75, 3.05) is 0 Å². The first-order valence-electron chi connectivity index (χ1n) is 3.87. The minimum Gasteiger partial charge on any atom is -0.364 e. The number of hydrogen-bond acceptors (Lipinski definition) is 2. The van der Waals surface area contributed by atoms with Gasteiger partial charge in [-0.05, 0) is 23.6 Å². The van der Waals surface area contributed by atoms with Crippen molar-refractivity contribution in [1.29, 1.82) is 0 Å². The lowest BCUT2D eigenvalue weighted by Gasteiger charge is -2.04. The Kier molecular flexibility index (Phi) is 2.43. The van der Waals surface area contributed by atoms with Crippen molar-refractivity contribution in [3.63, 3.8) is 0 Å². The third-order valence-corrected chi connectivity index (χ3v) is 1.70. The molecule has 1 rings (SSSR count). The Balaban J connectivity index is 3.04. The second-order valence-corrected chi connectivity index (χ2v) is 2.99. The van der Waals surface area contributed by atoms with Crippen molar-refractivity contribution in [2.45, 2.75) is 19.8 Å². The van der Waals surface area contributed by atoms with E-state index in [1.165, 1.54) is 0 Å². The molecular formula is C9H12N2O. The molecule has 0 saturated heterocycles. The molecule has 12 heavy (non-hydrogen) atoms. The molecule has 0 fully saturated rings. The molecule has 1 aromatic rings. The van der Waals surface area contributed by atoms with Crippen LogP contribution in [0.3, 0.4) is 0 Å². The van der Waals surface area contributed by atoms with Crippen LogP contribution in [0.4, 0.5) is 0 Å². The summed E-state index contributed by atoms with van der Waals surface area (Å²) in [5, 5.41) is 0. The van der Waals surface area contributed by atoms with Gasteiger partial charge in [0.2, 0.25) is 0 Å². The van der Waals surface area contributed by atoms with Gasteiger partial charge in [-0.1, -0.05) is 13.8 Å². The number of nitrogens with zero attached hydrogens (tertiary/aromatic N) is 1. The van der Waals surface area contributed by atoms with Gasteiger partial charge in [-0.3, -0.25) is 9.78 Å². The van der Waals surface area contributed by atoms with E-state index < -0.39 is 5.91 Å². The summed E-state index contributed by atoms with van der Waals surface area (Å²) < 4.78 is 0. The minimum atomic E-state index is -0.475. The van der Waals surface area contributed by atoms with Crippen LogP contribution in [0.1, 0.15) is 35.8 Å². The number of hydrogen-bond donors (Lipinski definition) is 1. The van der Waals surface area contributed by atoms with Crippen molar-refractivity contribution in [3.8, 4) is 0 Å². The van der Waals surface area contributed by atoms with E-state index in [0.29, 0.717) is 11.6 Å². The summed E-state index contributed by atoms with van der Waals surface area (Å²) in [6.45, 7) is 4.11. The van der Waals surface area contributed by atoms with Gasteiger partial charge in [0.05, 0.1) is 0 Å². The van der Waals surface area contributed by atoms with Crippen LogP contribution in [0.2, 0.25) is 0 Å². The molecule has 3 nitrogen and oxygen atoms in total. The van der Waals surface area contributed by atoms with Gasteiger partial charge in [-0.2, -0.15) is 0 Å². The molecule has 0 bridgehead atoms. The van der Waals surface area contributed by atoms with Gasteiger partial charge in [0.25, 0.3) is 5.91 Å². The van der Waals surface area contributed by atoms with Crippen molar-refractivity contribution < 1.29 is 4.79 Å². The lowest BCUT2D eigenvalue weighted by molar-refractivity contribution is 0.0995. The highest BCUT2D eigenvalue weighted by molar-refractivity contribution is 5.90. The molecule has 0 saturated carbocycles. The molecule has 0 aliphatic heterocycles. The highest BCUT2D eigenvalue weighted by Crippen LogP contribution is 2.13. The number of rotatable bonds is 2. The van der Waals surface area contributed by atoms with Gasteiger partial charge in [0.1, 0.15) is 5.69 Å². The summed E-state index contributed by atoms with van der Waals surface area (Å²) in [7, 11) is 0. The number of carbonyl (C=O) groups is 1. The normalized spacial score (nSPS) is 10.2. The molecule has 0 aliphatic carbocycles. The lowest BCUT2D eigenvalue weighted by Crippen LogP contribution is -2.13. The molecule has 1 amide bonds. The largest absolute Gasteiger partial charge is 0.364 e. The Morgan fingerprint density at radius 3 is 2.75 bits per heavy atom. The summed E-state index contributed by atoms with van der Waals surface area (Å²) in [5.74, 6) is -0.0800. The minimum absolute atomic E-state index is 0.334. The molecule has 0 aromatic carbocycles. The van der Waals surface area contributed by atoms with Crippen molar-refractivity contribution in [3.05, 3.63) is 29.6 Å². The van der Waals surface area contributed by atoms with Crippen LogP contribution in [0.25, 0.3) is 0 Å². The molecule has 0 aliphatic rings. The Bertz CT molecular complexity index is 294. The Morgan fingerprint density at radius 1 is 1.58 bits per heavy atom. The van der Waals surface area contributed by atoms with Gasteiger partial charge in [-0.25, -0.2) is 0 Å². The van der Waals surface area contributed by atoms with Crippen molar-refractivity contribution in [2.24, 2.45) is 5.73 Å². The van der Waals surface area contributed by atoms with Crippen LogP contribution in [0.15, 0.2) is 18.3 Å². The summed E-state index contributed by atoms with van der Waals surface area (Å²) in [6, 6.07) is 3.62. The summed E-state index contributed by atoms with van der Waals surface area (Å²) in [6.07, 6.45) is 1.61. The lowest BCUT2D eigenvalue weighted by atomic mass is 10.0. The fraction of sp³-hybridized carbons (Fsp3) is 0.333. The number of carbonyl (C=O) groups excluding carboxylic acids is 1. The summed E-state index contributed by atoms with van der Waals surface area (Å²) in [4.78, 5) is 14.6. The summed E-state index contributed by atoms with van der Waals surface area (Å²) in [5.41, 5.74) is 6.50. The van der Waals surface area contributed by atoms with Gasteiger partial charge in [0.15, 0.2) is 0 Å². The Morgan fingerprint density at radius 2 is 2.25 bits per heavy atom. The van der Waals surface area contributed by atoms with Gasteiger partial charge >= 0.3 is 0 Å². The number of pyridine rings is 1. The fourth-order valence-electron chi connectivity index (χ4n) is 0.941. The predicted molar refractivity (Wildman–Crippen MR) is 46.8 cm³/mol. The number of amides is 1. The topological polar surface area (TPSA) is 56.0 Å². The molecule has 3 heteroatoms. The first-order chi connectivity index (χ1) is 5.61. The first kappa shape index (κ1) is 8.71. The number of nitrogens with two attached hydrogens (primary N) is 1. The van der Waals surface area contributed by atoms with Crippen LogP contribution in [0.5, 0.6) is 0 Å². The zero-order valence-corrected chi connectivity index (χ0v) is 7.24. The maximum absolute atomic E-state index is 10.7. The molecule has 2 N–H and O–H groups in total. The molecule has 0 radical (unpaired) electrons. The van der Waals surface area contributed by atoms with E-state index >= 15 is 0 Å². The second-order valence-electron chi connectivity index (χ2n) is 2.99. The average molecular weight is 164 g/mol. The van der Waals surface area contributed by atoms with E-state index in [1.807, 2.05) is 6.07 Å². The maximum atomic E-state index is 10.7. The third-order valence-electron chi connectivity index (χ3n) is 1.70. The molecule has 0 unspecified atom stereocenters. The fourth-order valence-corrected chi connectivity index (χ4v) is 0.941. The van der Waals surface area contributed by atoms with E-state index in [9.17, 15) is 4.79 Å². The van der Waals surface area contributed by atoms with Gasteiger partial charge < -0.3 is 5.73 Å². The van der Waals surface area contributed by atoms with Crippen LogP contribution in [-0.2, 0) is 0 Å². The van der Waals surface area contributed by atoms with E-state index in [2.05, 4.69) is 18.8 Å². The van der Waals surface area contributed by atoms with Crippen LogP contribution in [0, 0.1) is 0 Å². The van der Waals surface area contributed by atoms with Crippen LogP contribution in [-0.4, -0.2) is 10.9 Å². The molecular weight excluding hydrogens is 152 g/mol. The SMILES string of the molecule is CC(C)c1ccnc(C(N)=O)c1. The van der Waals surface area contributed by atoms with Crippen LogP contribution >= 0.6 is 0 Å². The average Bonchev–Trinajstić information content (AvgIpc) is 2.04. The first-order valence-corrected chi connectivity index (χ1v) is 3.87. The monoisotopic (exact) mass is 164 g/mol. The van der Waals surface area contributed by atoms with Crippen LogP contribution < -0.4 is 5.73 Å². The predicted octanol–water partition coefficient (Wildman–Crippen LogP) is 1.30. The zero-order valence-electron chi connectivity index (χ0n) is 7.24. The van der Waals surface area contributed by atoms with Gasteiger partial charge in [-0.15, -0.1) is 0 Å². The summed E-state index contributed by atoms with van der Waals surface area (Å²) >= 11 is 0. The van der Waals surface area contributed by atoms with Crippen molar-refractivity contribution in [1.82, 2.24) is 4.98 Å². The van der Waals surface area contributed by atoms with E-state index in [0.717, 1.165) is 5.56 Å². The number of primary amides is 1. The molecule has 1 heterocycles. The standard InChI is InChI=1S/C9H12N2O/c1-6(2)7-3-4-11-8(5-7)9(10)12/h3-6H,1-2H3,(H2,10,12). The quantitative estimate of drug-likeness (QED) is 0.716.